The van der Waals surface area contributed by atoms with Gasteiger partial charge in [0.05, 0.1) is 19.0 Å². The average Bonchev–Trinajstić information content (AvgIpc) is 3.19. The molecule has 0 bridgehead atoms. The molecule has 0 atom stereocenters. The summed E-state index contributed by atoms with van der Waals surface area (Å²) in [6, 6.07) is 25.9. The van der Waals surface area contributed by atoms with Crippen LogP contribution in [0.3, 0.4) is 0 Å². The lowest BCUT2D eigenvalue weighted by molar-refractivity contribution is 0.284. The summed E-state index contributed by atoms with van der Waals surface area (Å²) >= 11 is 1.58. The number of benzene rings is 3. The Hall–Kier alpha value is -3.64. The first-order chi connectivity index (χ1) is 15.2. The van der Waals surface area contributed by atoms with E-state index in [1.165, 1.54) is 0 Å². The number of methoxy groups -OCH3 is 1. The number of ether oxygens (including phenoxy) is 2. The zero-order chi connectivity index (χ0) is 21.5. The number of aromatic nitrogens is 1. The largest absolute Gasteiger partial charge is 0.493 e. The Labute approximate surface area is 186 Å². The Morgan fingerprint density at radius 3 is 2.45 bits per heavy atom. The molecule has 0 aliphatic heterocycles. The molecular weight excluding hydrogens is 406 g/mol. The second kappa shape index (κ2) is 9.91. The third-order valence-electron chi connectivity index (χ3n) is 4.64. The van der Waals surface area contributed by atoms with Gasteiger partial charge in [-0.1, -0.05) is 60.7 Å². The zero-order valence-corrected chi connectivity index (χ0v) is 18.2. The molecule has 0 spiro atoms. The van der Waals surface area contributed by atoms with Crippen LogP contribution < -0.4 is 14.9 Å². The van der Waals surface area contributed by atoms with Crippen LogP contribution in [0.15, 0.2) is 84.0 Å². The van der Waals surface area contributed by atoms with Gasteiger partial charge in [-0.05, 0) is 36.2 Å². The average molecular weight is 430 g/mol. The number of thiazole rings is 1. The van der Waals surface area contributed by atoms with Crippen LogP contribution in [0.4, 0.5) is 5.13 Å². The van der Waals surface area contributed by atoms with Crippen molar-refractivity contribution in [1.82, 2.24) is 4.98 Å². The second-order valence-electron chi connectivity index (χ2n) is 6.84. The van der Waals surface area contributed by atoms with Crippen LogP contribution in [-0.2, 0) is 6.61 Å². The van der Waals surface area contributed by atoms with Gasteiger partial charge in [-0.2, -0.15) is 5.10 Å². The van der Waals surface area contributed by atoms with Crippen LogP contribution in [0.1, 0.15) is 16.0 Å². The van der Waals surface area contributed by atoms with Gasteiger partial charge in [0.2, 0.25) is 5.13 Å². The van der Waals surface area contributed by atoms with E-state index in [0.29, 0.717) is 18.1 Å². The highest BCUT2D eigenvalue weighted by Crippen LogP contribution is 2.30. The lowest BCUT2D eigenvalue weighted by Crippen LogP contribution is -1.98. The smallest absolute Gasteiger partial charge is 0.204 e. The van der Waals surface area contributed by atoms with Gasteiger partial charge in [-0.3, -0.25) is 5.43 Å². The molecule has 156 valence electrons. The number of hydrogen-bond acceptors (Lipinski definition) is 6. The van der Waals surface area contributed by atoms with Crippen molar-refractivity contribution in [3.8, 4) is 22.8 Å². The van der Waals surface area contributed by atoms with Crippen molar-refractivity contribution >= 4 is 22.7 Å². The van der Waals surface area contributed by atoms with E-state index in [1.54, 1.807) is 24.7 Å². The van der Waals surface area contributed by atoms with Crippen molar-refractivity contribution in [1.29, 1.82) is 0 Å². The van der Waals surface area contributed by atoms with Crippen LogP contribution in [0, 0.1) is 6.92 Å². The summed E-state index contributed by atoms with van der Waals surface area (Å²) in [5.41, 5.74) is 7.11. The molecule has 0 radical (unpaired) electrons. The molecule has 31 heavy (non-hydrogen) atoms. The third-order valence-corrected chi connectivity index (χ3v) is 5.52. The van der Waals surface area contributed by atoms with Gasteiger partial charge in [-0.25, -0.2) is 4.98 Å². The van der Waals surface area contributed by atoms with E-state index in [-0.39, 0.29) is 0 Å². The van der Waals surface area contributed by atoms with Crippen molar-refractivity contribution in [3.05, 3.63) is 94.9 Å². The second-order valence-corrected chi connectivity index (χ2v) is 8.05. The van der Waals surface area contributed by atoms with Crippen LogP contribution in [0.2, 0.25) is 0 Å². The van der Waals surface area contributed by atoms with E-state index < -0.39 is 0 Å². The quantitative estimate of drug-likeness (QED) is 0.269. The topological polar surface area (TPSA) is 55.7 Å². The standard InChI is InChI=1S/C25H23N3O2S/c1-18-24(21-11-7-4-8-12-21)27-25(31-18)28-26-16-20-13-14-22(23(15-20)29-2)30-17-19-9-5-3-6-10-19/h3-16H,17H2,1-2H3,(H,27,28)/b26-16-. The molecule has 0 aliphatic carbocycles. The minimum atomic E-state index is 0.485. The molecule has 1 heterocycles. The minimum Gasteiger partial charge on any atom is -0.493 e. The summed E-state index contributed by atoms with van der Waals surface area (Å²) in [7, 11) is 1.63. The number of nitrogens with zero attached hydrogens (tertiary/aromatic N) is 2. The lowest BCUT2D eigenvalue weighted by atomic mass is 10.1. The fourth-order valence-electron chi connectivity index (χ4n) is 3.09. The number of hydrazone groups is 1. The van der Waals surface area contributed by atoms with E-state index >= 15 is 0 Å². The summed E-state index contributed by atoms with van der Waals surface area (Å²) < 4.78 is 11.4. The number of hydrogen-bond donors (Lipinski definition) is 1. The van der Waals surface area contributed by atoms with Crippen LogP contribution in [0.5, 0.6) is 11.5 Å². The van der Waals surface area contributed by atoms with Gasteiger partial charge in [0.1, 0.15) is 6.61 Å². The van der Waals surface area contributed by atoms with Gasteiger partial charge >= 0.3 is 0 Å². The third kappa shape index (κ3) is 5.29. The predicted octanol–water partition coefficient (Wildman–Crippen LogP) is 6.15. The Bertz CT molecular complexity index is 1160. The number of anilines is 1. The van der Waals surface area contributed by atoms with Crippen molar-refractivity contribution in [2.45, 2.75) is 13.5 Å². The molecule has 0 saturated heterocycles. The highest BCUT2D eigenvalue weighted by Gasteiger charge is 2.09. The van der Waals surface area contributed by atoms with E-state index in [9.17, 15) is 0 Å². The SMILES string of the molecule is COc1cc(/C=N\Nc2nc(-c3ccccc3)c(C)s2)ccc1OCc1ccccc1. The molecule has 0 saturated carbocycles. The van der Waals surface area contributed by atoms with E-state index in [0.717, 1.165) is 32.4 Å². The summed E-state index contributed by atoms with van der Waals surface area (Å²) in [6.07, 6.45) is 1.74. The first kappa shape index (κ1) is 20.6. The van der Waals surface area contributed by atoms with Gasteiger partial charge in [-0.15, -0.1) is 11.3 Å². The molecular formula is C25H23N3O2S. The maximum atomic E-state index is 5.91. The molecule has 0 fully saturated rings. The number of nitrogens with one attached hydrogen (secondary N) is 1. The van der Waals surface area contributed by atoms with E-state index in [1.807, 2.05) is 66.7 Å². The monoisotopic (exact) mass is 429 g/mol. The summed E-state index contributed by atoms with van der Waals surface area (Å²) in [5, 5.41) is 5.09. The van der Waals surface area contributed by atoms with Gasteiger partial charge < -0.3 is 9.47 Å². The highest BCUT2D eigenvalue weighted by molar-refractivity contribution is 7.15. The fraction of sp³-hybridized carbons (Fsp3) is 0.120. The Balaban J connectivity index is 1.41. The maximum absolute atomic E-state index is 5.91. The number of rotatable bonds is 8. The molecule has 5 nitrogen and oxygen atoms in total. The van der Waals surface area contributed by atoms with Crippen LogP contribution in [0.25, 0.3) is 11.3 Å². The number of aryl methyl sites for hydroxylation is 1. The van der Waals surface area contributed by atoms with Crippen molar-refractivity contribution in [3.63, 3.8) is 0 Å². The highest BCUT2D eigenvalue weighted by atomic mass is 32.1. The van der Waals surface area contributed by atoms with Gasteiger partial charge in [0, 0.05) is 10.4 Å². The summed E-state index contributed by atoms with van der Waals surface area (Å²) in [5.74, 6) is 1.36. The Morgan fingerprint density at radius 1 is 0.968 bits per heavy atom. The molecule has 0 amide bonds. The Kier molecular flexibility index (Phi) is 6.59. The molecule has 1 aromatic heterocycles. The fourth-order valence-corrected chi connectivity index (χ4v) is 3.87. The zero-order valence-electron chi connectivity index (χ0n) is 17.4. The van der Waals surface area contributed by atoms with E-state index in [4.69, 9.17) is 9.47 Å². The van der Waals surface area contributed by atoms with Gasteiger partial charge in [0.25, 0.3) is 0 Å². The first-order valence-corrected chi connectivity index (χ1v) is 10.7. The van der Waals surface area contributed by atoms with E-state index in [2.05, 4.69) is 34.6 Å². The maximum Gasteiger partial charge on any atom is 0.204 e. The van der Waals surface area contributed by atoms with Crippen molar-refractivity contribution < 1.29 is 9.47 Å². The normalized spacial score (nSPS) is 10.9. The lowest BCUT2D eigenvalue weighted by Gasteiger charge is -2.11. The summed E-state index contributed by atoms with van der Waals surface area (Å²) in [4.78, 5) is 5.81. The van der Waals surface area contributed by atoms with Crippen molar-refractivity contribution in [2.24, 2.45) is 5.10 Å². The molecule has 0 unspecified atom stereocenters. The summed E-state index contributed by atoms with van der Waals surface area (Å²) in [6.45, 7) is 2.55. The molecule has 6 heteroatoms. The van der Waals surface area contributed by atoms with Crippen molar-refractivity contribution in [2.75, 3.05) is 12.5 Å². The Morgan fingerprint density at radius 2 is 1.71 bits per heavy atom. The molecule has 4 rings (SSSR count). The predicted molar refractivity (Wildman–Crippen MR) is 127 cm³/mol. The molecule has 4 aromatic rings. The molecule has 1 N–H and O–H groups in total. The minimum absolute atomic E-state index is 0.485. The van der Waals surface area contributed by atoms with Crippen LogP contribution >= 0.6 is 11.3 Å². The molecule has 3 aromatic carbocycles. The molecule has 0 aliphatic rings. The van der Waals surface area contributed by atoms with Gasteiger partial charge in [0.15, 0.2) is 11.5 Å². The van der Waals surface area contributed by atoms with Crippen LogP contribution in [-0.4, -0.2) is 18.3 Å². The first-order valence-electron chi connectivity index (χ1n) is 9.89.